The van der Waals surface area contributed by atoms with Gasteiger partial charge in [-0.3, -0.25) is 4.79 Å². The van der Waals surface area contributed by atoms with Crippen LogP contribution >= 0.6 is 0 Å². The molecule has 2 aromatic heterocycles. The maximum Gasteiger partial charge on any atom is 0.251 e. The molecule has 164 valence electrons. The van der Waals surface area contributed by atoms with Gasteiger partial charge in [-0.1, -0.05) is 6.07 Å². The third-order valence-corrected chi connectivity index (χ3v) is 5.12. The van der Waals surface area contributed by atoms with E-state index in [1.165, 1.54) is 0 Å². The molecular formula is C24H24N4O4. The number of phenols is 1. The topological polar surface area (TPSA) is 120 Å². The number of H-pyrrole nitrogens is 1. The fourth-order valence-electron chi connectivity index (χ4n) is 3.44. The molecule has 0 aliphatic carbocycles. The number of aromatic amines is 1. The number of amides is 1. The molecule has 0 saturated carbocycles. The van der Waals surface area contributed by atoms with Crippen molar-refractivity contribution in [1.82, 2.24) is 20.3 Å². The fraction of sp³-hybridized carbons (Fsp3) is 0.208. The minimum absolute atomic E-state index is 0.0757. The number of rotatable bonds is 7. The maximum absolute atomic E-state index is 12.4. The monoisotopic (exact) mass is 432 g/mol. The smallest absolute Gasteiger partial charge is 0.251 e. The van der Waals surface area contributed by atoms with Gasteiger partial charge in [-0.05, 0) is 61.4 Å². The molecule has 0 bridgehead atoms. The number of aromatic hydroxyl groups is 1. The Morgan fingerprint density at radius 1 is 1.19 bits per heavy atom. The number of methoxy groups -OCH3 is 1. The number of benzene rings is 2. The number of nitrogens with zero attached hydrogens (tertiary/aromatic N) is 2. The van der Waals surface area contributed by atoms with Crippen molar-refractivity contribution in [3.63, 3.8) is 0 Å². The van der Waals surface area contributed by atoms with E-state index in [-0.39, 0.29) is 11.7 Å². The molecule has 4 aromatic rings. The van der Waals surface area contributed by atoms with Crippen LogP contribution in [0.15, 0.2) is 54.7 Å². The Labute approximate surface area is 184 Å². The zero-order valence-electron chi connectivity index (χ0n) is 17.8. The molecule has 4 rings (SSSR count). The molecule has 0 aliphatic rings. The number of phenolic OH excluding ortho intramolecular Hbond substituents is 1. The van der Waals surface area contributed by atoms with Crippen molar-refractivity contribution in [2.75, 3.05) is 13.7 Å². The third-order valence-electron chi connectivity index (χ3n) is 5.12. The lowest BCUT2D eigenvalue weighted by Gasteiger charge is -2.09. The number of hydrogen-bond acceptors (Lipinski definition) is 6. The molecule has 1 unspecified atom stereocenters. The quantitative estimate of drug-likeness (QED) is 0.355. The summed E-state index contributed by atoms with van der Waals surface area (Å²) in [6.07, 6.45) is 1.67. The summed E-state index contributed by atoms with van der Waals surface area (Å²) in [5, 5.41) is 22.6. The zero-order valence-corrected chi connectivity index (χ0v) is 17.8. The fourth-order valence-corrected chi connectivity index (χ4v) is 3.44. The highest BCUT2D eigenvalue weighted by atomic mass is 16.5. The molecule has 0 fully saturated rings. The van der Waals surface area contributed by atoms with Crippen LogP contribution in [-0.2, 0) is 0 Å². The van der Waals surface area contributed by atoms with Gasteiger partial charge in [-0.25, -0.2) is 9.97 Å². The van der Waals surface area contributed by atoms with Gasteiger partial charge in [0.05, 0.1) is 29.8 Å². The molecule has 2 heterocycles. The summed E-state index contributed by atoms with van der Waals surface area (Å²) in [7, 11) is 1.56. The Morgan fingerprint density at radius 2 is 2.03 bits per heavy atom. The predicted molar refractivity (Wildman–Crippen MR) is 122 cm³/mol. The summed E-state index contributed by atoms with van der Waals surface area (Å²) in [5.74, 6) is 0.817. The second-order valence-electron chi connectivity index (χ2n) is 7.50. The van der Waals surface area contributed by atoms with E-state index in [4.69, 9.17) is 4.74 Å². The van der Waals surface area contributed by atoms with Crippen molar-refractivity contribution in [3.05, 3.63) is 60.3 Å². The normalized spacial score (nSPS) is 12.0. The molecule has 2 aromatic carbocycles. The van der Waals surface area contributed by atoms with Crippen molar-refractivity contribution in [2.24, 2.45) is 0 Å². The van der Waals surface area contributed by atoms with E-state index in [1.807, 2.05) is 18.2 Å². The second kappa shape index (κ2) is 9.07. The Kier molecular flexibility index (Phi) is 6.04. The number of carbonyl (C=O) groups excluding carboxylic acids is 1. The van der Waals surface area contributed by atoms with Crippen LogP contribution in [0.3, 0.4) is 0 Å². The average molecular weight is 432 g/mol. The standard InChI is InChI=1S/C24H24N4O4/c1-14(29)9-11-25-23(31)16-5-7-19-20(13-16)28-22(27-19)18-12-15(6-8-21(18)30)17-4-3-10-26-24(17)32-2/h3-8,10,12-14,29-30H,9,11H2,1-2H3,(H,25,31)(H,27,28). The first-order valence-corrected chi connectivity index (χ1v) is 10.2. The lowest BCUT2D eigenvalue weighted by Crippen LogP contribution is -2.26. The molecule has 1 atom stereocenters. The first-order chi connectivity index (χ1) is 15.5. The minimum atomic E-state index is -0.469. The van der Waals surface area contributed by atoms with Gasteiger partial charge in [-0.15, -0.1) is 0 Å². The minimum Gasteiger partial charge on any atom is -0.507 e. The van der Waals surface area contributed by atoms with Crippen LogP contribution in [0.1, 0.15) is 23.7 Å². The Hall–Kier alpha value is -3.91. The molecule has 0 spiro atoms. The lowest BCUT2D eigenvalue weighted by atomic mass is 10.0. The summed E-state index contributed by atoms with van der Waals surface area (Å²) < 4.78 is 5.35. The number of aromatic nitrogens is 3. The highest BCUT2D eigenvalue weighted by Crippen LogP contribution is 2.35. The number of ether oxygens (including phenoxy) is 1. The first-order valence-electron chi connectivity index (χ1n) is 10.2. The zero-order chi connectivity index (χ0) is 22.7. The van der Waals surface area contributed by atoms with E-state index in [1.54, 1.807) is 50.6 Å². The number of hydrogen-bond donors (Lipinski definition) is 4. The van der Waals surface area contributed by atoms with Crippen LogP contribution in [0, 0.1) is 0 Å². The summed E-state index contributed by atoms with van der Waals surface area (Å²) in [6.45, 7) is 2.07. The summed E-state index contributed by atoms with van der Waals surface area (Å²) in [6, 6.07) is 14.1. The van der Waals surface area contributed by atoms with Crippen LogP contribution in [0.4, 0.5) is 0 Å². The van der Waals surface area contributed by atoms with Crippen molar-refractivity contribution in [1.29, 1.82) is 0 Å². The number of aliphatic hydroxyl groups excluding tert-OH is 1. The molecule has 8 heteroatoms. The molecule has 1 amide bonds. The molecule has 8 nitrogen and oxygen atoms in total. The number of pyridine rings is 1. The largest absolute Gasteiger partial charge is 0.507 e. The number of aliphatic hydroxyl groups is 1. The highest BCUT2D eigenvalue weighted by molar-refractivity contribution is 5.97. The van der Waals surface area contributed by atoms with E-state index < -0.39 is 6.10 Å². The van der Waals surface area contributed by atoms with Gasteiger partial charge in [0.1, 0.15) is 11.6 Å². The van der Waals surface area contributed by atoms with Gasteiger partial charge in [0.25, 0.3) is 5.91 Å². The Bertz CT molecular complexity index is 1270. The molecule has 4 N–H and O–H groups in total. The van der Waals surface area contributed by atoms with Crippen molar-refractivity contribution in [2.45, 2.75) is 19.4 Å². The van der Waals surface area contributed by atoms with Crippen molar-refractivity contribution >= 4 is 16.9 Å². The van der Waals surface area contributed by atoms with Crippen LogP contribution < -0.4 is 10.1 Å². The van der Waals surface area contributed by atoms with Crippen LogP contribution in [0.5, 0.6) is 11.6 Å². The summed E-state index contributed by atoms with van der Waals surface area (Å²) >= 11 is 0. The summed E-state index contributed by atoms with van der Waals surface area (Å²) in [5.41, 5.74) is 3.96. The molecular weight excluding hydrogens is 408 g/mol. The van der Waals surface area contributed by atoms with Crippen LogP contribution in [0.25, 0.3) is 33.5 Å². The molecule has 32 heavy (non-hydrogen) atoms. The van der Waals surface area contributed by atoms with Crippen molar-refractivity contribution < 1.29 is 19.7 Å². The van der Waals surface area contributed by atoms with Crippen molar-refractivity contribution in [3.8, 4) is 34.1 Å². The summed E-state index contributed by atoms with van der Waals surface area (Å²) in [4.78, 5) is 24.4. The predicted octanol–water partition coefficient (Wildman–Crippen LogP) is 3.51. The number of imidazole rings is 1. The van der Waals surface area contributed by atoms with E-state index >= 15 is 0 Å². The Morgan fingerprint density at radius 3 is 2.81 bits per heavy atom. The lowest BCUT2D eigenvalue weighted by molar-refractivity contribution is 0.0945. The number of carbonyl (C=O) groups is 1. The maximum atomic E-state index is 12.4. The van der Waals surface area contributed by atoms with Gasteiger partial charge in [0, 0.05) is 23.9 Å². The first kappa shape index (κ1) is 21.3. The highest BCUT2D eigenvalue weighted by Gasteiger charge is 2.15. The average Bonchev–Trinajstić information content (AvgIpc) is 3.22. The molecule has 0 aliphatic heterocycles. The second-order valence-corrected chi connectivity index (χ2v) is 7.50. The van der Waals surface area contributed by atoms with E-state index in [9.17, 15) is 15.0 Å². The van der Waals surface area contributed by atoms with Gasteiger partial charge >= 0.3 is 0 Å². The number of fused-ring (bicyclic) bond motifs is 1. The third kappa shape index (κ3) is 4.40. The molecule has 0 radical (unpaired) electrons. The SMILES string of the molecule is COc1ncccc1-c1ccc(O)c(-c2nc3ccc(C(=O)NCCC(C)O)cc3[nH]2)c1. The van der Waals surface area contributed by atoms with Gasteiger partial charge in [0.15, 0.2) is 0 Å². The van der Waals surface area contributed by atoms with E-state index in [0.29, 0.717) is 46.8 Å². The Balaban J connectivity index is 1.66. The number of nitrogens with one attached hydrogen (secondary N) is 2. The van der Waals surface area contributed by atoms with Gasteiger partial charge in [0.2, 0.25) is 5.88 Å². The van der Waals surface area contributed by atoms with E-state index in [2.05, 4.69) is 20.3 Å². The van der Waals surface area contributed by atoms with Crippen LogP contribution in [-0.4, -0.2) is 50.8 Å². The van der Waals surface area contributed by atoms with Crippen LogP contribution in [0.2, 0.25) is 0 Å². The van der Waals surface area contributed by atoms with Gasteiger partial charge < -0.3 is 25.3 Å². The molecule has 0 saturated heterocycles. The van der Waals surface area contributed by atoms with Gasteiger partial charge in [-0.2, -0.15) is 0 Å². The van der Waals surface area contributed by atoms with E-state index in [0.717, 1.165) is 11.1 Å².